The van der Waals surface area contributed by atoms with Gasteiger partial charge >= 0.3 is 0 Å². The first kappa shape index (κ1) is 12.4. The standard InChI is InChI=1S/C13H20ClN/c1-9(2)8-15-13-7-11(10(3)4)5-6-12(13)14/h5-7,9-10,15H,8H2,1-4H3. The third-order valence-corrected chi connectivity index (χ3v) is 2.69. The molecule has 0 saturated heterocycles. The molecule has 15 heavy (non-hydrogen) atoms. The molecule has 1 rings (SSSR count). The summed E-state index contributed by atoms with van der Waals surface area (Å²) in [6, 6.07) is 6.21. The van der Waals surface area contributed by atoms with Crippen molar-refractivity contribution in [1.82, 2.24) is 0 Å². The highest BCUT2D eigenvalue weighted by molar-refractivity contribution is 6.33. The summed E-state index contributed by atoms with van der Waals surface area (Å²) in [5.74, 6) is 1.17. The van der Waals surface area contributed by atoms with E-state index in [2.05, 4.69) is 45.1 Å². The van der Waals surface area contributed by atoms with E-state index in [4.69, 9.17) is 11.6 Å². The van der Waals surface area contributed by atoms with Gasteiger partial charge in [0.2, 0.25) is 0 Å². The maximum absolute atomic E-state index is 6.12. The van der Waals surface area contributed by atoms with Crippen molar-refractivity contribution in [2.75, 3.05) is 11.9 Å². The van der Waals surface area contributed by atoms with Gasteiger partial charge in [-0.25, -0.2) is 0 Å². The van der Waals surface area contributed by atoms with Gasteiger partial charge in [-0.15, -0.1) is 0 Å². The van der Waals surface area contributed by atoms with Crippen LogP contribution in [0.15, 0.2) is 18.2 Å². The molecule has 0 atom stereocenters. The molecule has 2 heteroatoms. The average Bonchev–Trinajstić information content (AvgIpc) is 2.16. The van der Waals surface area contributed by atoms with Crippen molar-refractivity contribution >= 4 is 17.3 Å². The molecule has 1 aromatic rings. The fraction of sp³-hybridized carbons (Fsp3) is 0.538. The van der Waals surface area contributed by atoms with Gasteiger partial charge in [-0.2, -0.15) is 0 Å². The molecule has 1 aromatic carbocycles. The second-order valence-corrected chi connectivity index (χ2v) is 5.08. The van der Waals surface area contributed by atoms with Crippen molar-refractivity contribution < 1.29 is 0 Å². The Morgan fingerprint density at radius 1 is 1.20 bits per heavy atom. The Balaban J connectivity index is 2.81. The fourth-order valence-corrected chi connectivity index (χ4v) is 1.54. The first-order valence-electron chi connectivity index (χ1n) is 5.54. The molecule has 0 aliphatic heterocycles. The summed E-state index contributed by atoms with van der Waals surface area (Å²) in [5.41, 5.74) is 2.38. The van der Waals surface area contributed by atoms with Crippen LogP contribution in [0.5, 0.6) is 0 Å². The lowest BCUT2D eigenvalue weighted by atomic mass is 10.0. The zero-order valence-corrected chi connectivity index (χ0v) is 10.7. The fourth-order valence-electron chi connectivity index (χ4n) is 1.35. The highest BCUT2D eigenvalue weighted by Gasteiger charge is 2.05. The number of rotatable bonds is 4. The Bertz CT molecular complexity index is 318. The van der Waals surface area contributed by atoms with Gasteiger partial charge in [-0.3, -0.25) is 0 Å². The first-order valence-corrected chi connectivity index (χ1v) is 5.91. The summed E-state index contributed by atoms with van der Waals surface area (Å²) >= 11 is 6.12. The zero-order chi connectivity index (χ0) is 11.4. The number of nitrogens with one attached hydrogen (secondary N) is 1. The molecule has 84 valence electrons. The molecule has 0 aliphatic rings. The van der Waals surface area contributed by atoms with Crippen molar-refractivity contribution in [2.24, 2.45) is 5.92 Å². The predicted molar refractivity (Wildman–Crippen MR) is 68.9 cm³/mol. The van der Waals surface area contributed by atoms with Gasteiger partial charge < -0.3 is 5.32 Å². The normalized spacial score (nSPS) is 11.1. The minimum Gasteiger partial charge on any atom is -0.384 e. The van der Waals surface area contributed by atoms with Crippen LogP contribution < -0.4 is 5.32 Å². The summed E-state index contributed by atoms with van der Waals surface area (Å²) in [6.45, 7) is 9.71. The van der Waals surface area contributed by atoms with E-state index in [0.717, 1.165) is 17.3 Å². The van der Waals surface area contributed by atoms with E-state index < -0.39 is 0 Å². The molecule has 0 bridgehead atoms. The lowest BCUT2D eigenvalue weighted by Gasteiger charge is -2.13. The topological polar surface area (TPSA) is 12.0 Å². The molecule has 0 spiro atoms. The first-order chi connectivity index (χ1) is 7.00. The highest BCUT2D eigenvalue weighted by atomic mass is 35.5. The Morgan fingerprint density at radius 3 is 2.40 bits per heavy atom. The molecular weight excluding hydrogens is 206 g/mol. The minimum absolute atomic E-state index is 0.543. The van der Waals surface area contributed by atoms with E-state index in [1.54, 1.807) is 0 Å². The number of halogens is 1. The van der Waals surface area contributed by atoms with Crippen molar-refractivity contribution in [3.63, 3.8) is 0 Å². The van der Waals surface area contributed by atoms with Crippen LogP contribution in [0.25, 0.3) is 0 Å². The molecule has 1 N–H and O–H groups in total. The summed E-state index contributed by atoms with van der Waals surface area (Å²) in [7, 11) is 0. The van der Waals surface area contributed by atoms with Gasteiger partial charge in [0, 0.05) is 6.54 Å². The van der Waals surface area contributed by atoms with Crippen LogP contribution in [-0.4, -0.2) is 6.54 Å². The lowest BCUT2D eigenvalue weighted by molar-refractivity contribution is 0.689. The summed E-state index contributed by atoms with van der Waals surface area (Å²) in [6.07, 6.45) is 0. The maximum Gasteiger partial charge on any atom is 0.0637 e. The third kappa shape index (κ3) is 3.75. The van der Waals surface area contributed by atoms with Crippen LogP contribution in [0.2, 0.25) is 5.02 Å². The largest absolute Gasteiger partial charge is 0.384 e. The Kier molecular flexibility index (Phi) is 4.46. The van der Waals surface area contributed by atoms with E-state index in [-0.39, 0.29) is 0 Å². The van der Waals surface area contributed by atoms with Crippen molar-refractivity contribution in [3.05, 3.63) is 28.8 Å². The second-order valence-electron chi connectivity index (χ2n) is 4.67. The van der Waals surface area contributed by atoms with Gasteiger partial charge in [0.25, 0.3) is 0 Å². The molecule has 0 radical (unpaired) electrons. The van der Waals surface area contributed by atoms with Gasteiger partial charge in [-0.05, 0) is 29.5 Å². The maximum atomic E-state index is 6.12. The molecule has 0 amide bonds. The van der Waals surface area contributed by atoms with Crippen LogP contribution in [0.1, 0.15) is 39.2 Å². The smallest absolute Gasteiger partial charge is 0.0637 e. The lowest BCUT2D eigenvalue weighted by Crippen LogP contribution is -2.08. The second kappa shape index (κ2) is 5.41. The quantitative estimate of drug-likeness (QED) is 0.794. The highest BCUT2D eigenvalue weighted by Crippen LogP contribution is 2.26. The zero-order valence-electron chi connectivity index (χ0n) is 9.97. The van der Waals surface area contributed by atoms with Gasteiger partial charge in [0.15, 0.2) is 0 Å². The third-order valence-electron chi connectivity index (χ3n) is 2.36. The SMILES string of the molecule is CC(C)CNc1cc(C(C)C)ccc1Cl. The van der Waals surface area contributed by atoms with E-state index >= 15 is 0 Å². The van der Waals surface area contributed by atoms with Crippen LogP contribution >= 0.6 is 11.6 Å². The molecule has 0 unspecified atom stereocenters. The van der Waals surface area contributed by atoms with Crippen LogP contribution in [0.4, 0.5) is 5.69 Å². The van der Waals surface area contributed by atoms with Gasteiger partial charge in [0.05, 0.1) is 10.7 Å². The van der Waals surface area contributed by atoms with E-state index in [0.29, 0.717) is 11.8 Å². The average molecular weight is 226 g/mol. The van der Waals surface area contributed by atoms with Crippen LogP contribution in [-0.2, 0) is 0 Å². The summed E-state index contributed by atoms with van der Waals surface area (Å²) < 4.78 is 0. The van der Waals surface area contributed by atoms with Crippen molar-refractivity contribution in [2.45, 2.75) is 33.6 Å². The molecular formula is C13H20ClN. The van der Waals surface area contributed by atoms with E-state index in [1.807, 2.05) is 6.07 Å². The molecule has 1 nitrogen and oxygen atoms in total. The number of hydrogen-bond donors (Lipinski definition) is 1. The number of benzene rings is 1. The van der Waals surface area contributed by atoms with Crippen molar-refractivity contribution in [1.29, 1.82) is 0 Å². The van der Waals surface area contributed by atoms with E-state index in [1.165, 1.54) is 5.56 Å². The summed E-state index contributed by atoms with van der Waals surface area (Å²) in [5, 5.41) is 4.18. The Hall–Kier alpha value is -0.690. The molecule has 0 fully saturated rings. The Morgan fingerprint density at radius 2 is 1.87 bits per heavy atom. The minimum atomic E-state index is 0.543. The molecule has 0 saturated carbocycles. The van der Waals surface area contributed by atoms with Crippen LogP contribution in [0, 0.1) is 5.92 Å². The molecule has 0 aromatic heterocycles. The van der Waals surface area contributed by atoms with Gasteiger partial charge in [0.1, 0.15) is 0 Å². The van der Waals surface area contributed by atoms with Gasteiger partial charge in [-0.1, -0.05) is 45.4 Å². The molecule has 0 aliphatic carbocycles. The summed E-state index contributed by atoms with van der Waals surface area (Å²) in [4.78, 5) is 0. The molecule has 0 heterocycles. The number of anilines is 1. The number of hydrogen-bond acceptors (Lipinski definition) is 1. The van der Waals surface area contributed by atoms with Crippen LogP contribution in [0.3, 0.4) is 0 Å². The monoisotopic (exact) mass is 225 g/mol. The predicted octanol–water partition coefficient (Wildman–Crippen LogP) is 4.53. The van der Waals surface area contributed by atoms with Crippen molar-refractivity contribution in [3.8, 4) is 0 Å². The Labute approximate surface area is 97.8 Å². The van der Waals surface area contributed by atoms with E-state index in [9.17, 15) is 0 Å².